The largest absolute Gasteiger partial charge is 0.467 e. The van der Waals surface area contributed by atoms with E-state index in [2.05, 4.69) is 10.4 Å². The lowest BCUT2D eigenvalue weighted by Gasteiger charge is -2.08. The van der Waals surface area contributed by atoms with Gasteiger partial charge in [-0.2, -0.15) is 5.10 Å². The fourth-order valence-corrected chi connectivity index (χ4v) is 2.94. The van der Waals surface area contributed by atoms with E-state index in [0.29, 0.717) is 17.5 Å². The van der Waals surface area contributed by atoms with Crippen LogP contribution in [-0.4, -0.2) is 15.7 Å². The summed E-state index contributed by atoms with van der Waals surface area (Å²) in [6, 6.07) is 13.4. The Labute approximate surface area is 157 Å². The molecule has 1 aromatic carbocycles. The number of hydrogen-bond acceptors (Lipinski definition) is 3. The molecular weight excluding hydrogens is 350 g/mol. The third kappa shape index (κ3) is 4.24. The van der Waals surface area contributed by atoms with E-state index in [-0.39, 0.29) is 11.9 Å². The highest BCUT2D eigenvalue weighted by Crippen LogP contribution is 2.22. The number of aromatic nitrogens is 2. The van der Waals surface area contributed by atoms with Crippen molar-refractivity contribution in [3.63, 3.8) is 0 Å². The first-order chi connectivity index (χ1) is 12.5. The zero-order chi connectivity index (χ0) is 18.5. The molecule has 26 heavy (non-hydrogen) atoms. The van der Waals surface area contributed by atoms with Crippen LogP contribution < -0.4 is 5.32 Å². The molecular formula is C20H20ClN3O2. The predicted molar refractivity (Wildman–Crippen MR) is 102 cm³/mol. The zero-order valence-electron chi connectivity index (χ0n) is 14.6. The summed E-state index contributed by atoms with van der Waals surface area (Å²) in [6.45, 7) is 4.31. The second-order valence-electron chi connectivity index (χ2n) is 6.01. The second kappa shape index (κ2) is 8.06. The van der Waals surface area contributed by atoms with E-state index in [1.54, 1.807) is 23.1 Å². The Balaban J connectivity index is 1.69. The summed E-state index contributed by atoms with van der Waals surface area (Å²) in [4.78, 5) is 12.1. The van der Waals surface area contributed by atoms with Gasteiger partial charge < -0.3 is 9.73 Å². The van der Waals surface area contributed by atoms with E-state index in [1.807, 2.05) is 50.2 Å². The van der Waals surface area contributed by atoms with Crippen molar-refractivity contribution < 1.29 is 9.21 Å². The summed E-state index contributed by atoms with van der Waals surface area (Å²) in [5.41, 5.74) is 2.62. The third-order valence-electron chi connectivity index (χ3n) is 4.01. The molecule has 6 heteroatoms. The van der Waals surface area contributed by atoms with Crippen molar-refractivity contribution in [3.05, 3.63) is 82.5 Å². The number of nitrogens with zero attached hydrogens (tertiary/aromatic N) is 2. The van der Waals surface area contributed by atoms with Crippen molar-refractivity contribution in [2.75, 3.05) is 0 Å². The van der Waals surface area contributed by atoms with Gasteiger partial charge in [-0.05, 0) is 37.6 Å². The predicted octanol–water partition coefficient (Wildman–Crippen LogP) is 4.38. The summed E-state index contributed by atoms with van der Waals surface area (Å²) in [5, 5.41) is 7.83. The van der Waals surface area contributed by atoms with Gasteiger partial charge in [0.25, 0.3) is 0 Å². The fraction of sp³-hybridized carbons (Fsp3) is 0.200. The zero-order valence-corrected chi connectivity index (χ0v) is 15.4. The van der Waals surface area contributed by atoms with Crippen molar-refractivity contribution in [2.45, 2.75) is 26.4 Å². The molecule has 0 spiro atoms. The van der Waals surface area contributed by atoms with Crippen LogP contribution >= 0.6 is 11.6 Å². The van der Waals surface area contributed by atoms with Crippen molar-refractivity contribution >= 4 is 23.6 Å². The quantitative estimate of drug-likeness (QED) is 0.656. The molecule has 0 aliphatic heterocycles. The maximum Gasteiger partial charge on any atom is 0.244 e. The van der Waals surface area contributed by atoms with Crippen molar-refractivity contribution in [3.8, 4) is 0 Å². The van der Waals surface area contributed by atoms with Crippen LogP contribution in [0.1, 0.15) is 35.5 Å². The number of rotatable bonds is 6. The Morgan fingerprint density at radius 1 is 1.31 bits per heavy atom. The average molecular weight is 370 g/mol. The lowest BCUT2D eigenvalue weighted by atomic mass is 10.2. The first kappa shape index (κ1) is 18.0. The van der Waals surface area contributed by atoms with Gasteiger partial charge in [0.2, 0.25) is 5.91 Å². The van der Waals surface area contributed by atoms with Crippen molar-refractivity contribution in [2.24, 2.45) is 0 Å². The molecule has 3 aromatic rings. The second-order valence-corrected chi connectivity index (χ2v) is 6.37. The summed E-state index contributed by atoms with van der Waals surface area (Å²) in [6.07, 6.45) is 4.73. The molecule has 0 fully saturated rings. The Kier molecular flexibility index (Phi) is 5.58. The Bertz CT molecular complexity index is 899. The first-order valence-electron chi connectivity index (χ1n) is 8.33. The third-order valence-corrected chi connectivity index (χ3v) is 4.41. The molecule has 3 rings (SSSR count). The molecule has 1 atom stereocenters. The Morgan fingerprint density at radius 3 is 2.77 bits per heavy atom. The Hall–Kier alpha value is -2.79. The molecule has 1 N–H and O–H groups in total. The number of amides is 1. The minimum Gasteiger partial charge on any atom is -0.467 e. The SMILES string of the molecule is Cc1nn(Cc2ccccc2)c(Cl)c1/C=C/C(=O)N[C@@H](C)c1ccco1. The molecule has 0 saturated heterocycles. The number of carbonyl (C=O) groups excluding carboxylic acids is 1. The van der Waals surface area contributed by atoms with Crippen LogP contribution in [-0.2, 0) is 11.3 Å². The smallest absolute Gasteiger partial charge is 0.244 e. The van der Waals surface area contributed by atoms with Crippen molar-refractivity contribution in [1.82, 2.24) is 15.1 Å². The molecule has 0 radical (unpaired) electrons. The number of hydrogen-bond donors (Lipinski definition) is 1. The van der Waals surface area contributed by atoms with Gasteiger partial charge in [0.15, 0.2) is 0 Å². The lowest BCUT2D eigenvalue weighted by molar-refractivity contribution is -0.117. The van der Waals surface area contributed by atoms with Crippen LogP contribution in [0.2, 0.25) is 5.15 Å². The average Bonchev–Trinajstić information content (AvgIpc) is 3.24. The first-order valence-corrected chi connectivity index (χ1v) is 8.71. The molecule has 5 nitrogen and oxygen atoms in total. The van der Waals surface area contributed by atoms with Gasteiger partial charge in [0, 0.05) is 11.6 Å². The van der Waals surface area contributed by atoms with E-state index < -0.39 is 0 Å². The number of halogens is 1. The van der Waals surface area contributed by atoms with Gasteiger partial charge in [-0.3, -0.25) is 4.79 Å². The van der Waals surface area contributed by atoms with Crippen LogP contribution in [0.25, 0.3) is 6.08 Å². The maximum absolute atomic E-state index is 12.1. The standard InChI is InChI=1S/C20H20ClN3O2/c1-14-17(10-11-19(25)22-15(2)18-9-6-12-26-18)20(21)24(23-14)13-16-7-4-3-5-8-16/h3-12,15H,13H2,1-2H3,(H,22,25)/b11-10+/t15-/m0/s1. The van der Waals surface area contributed by atoms with E-state index in [4.69, 9.17) is 16.0 Å². The fourth-order valence-electron chi connectivity index (χ4n) is 2.65. The summed E-state index contributed by atoms with van der Waals surface area (Å²) in [7, 11) is 0. The van der Waals surface area contributed by atoms with Crippen LogP contribution in [0.5, 0.6) is 0 Å². The van der Waals surface area contributed by atoms with Gasteiger partial charge in [-0.25, -0.2) is 4.68 Å². The topological polar surface area (TPSA) is 60.1 Å². The molecule has 0 aliphatic rings. The van der Waals surface area contributed by atoms with Crippen LogP contribution in [0, 0.1) is 6.92 Å². The Morgan fingerprint density at radius 2 is 2.08 bits per heavy atom. The molecule has 2 aromatic heterocycles. The minimum atomic E-state index is -0.222. The number of carbonyl (C=O) groups is 1. The maximum atomic E-state index is 12.1. The summed E-state index contributed by atoms with van der Waals surface area (Å²) < 4.78 is 7.02. The van der Waals surface area contributed by atoms with Gasteiger partial charge in [-0.15, -0.1) is 0 Å². The number of benzene rings is 1. The minimum absolute atomic E-state index is 0.209. The van der Waals surface area contributed by atoms with Crippen LogP contribution in [0.4, 0.5) is 0 Å². The van der Waals surface area contributed by atoms with Gasteiger partial charge in [-0.1, -0.05) is 41.9 Å². The monoisotopic (exact) mass is 369 g/mol. The van der Waals surface area contributed by atoms with E-state index in [0.717, 1.165) is 16.8 Å². The molecule has 134 valence electrons. The number of aryl methyl sites for hydroxylation is 1. The molecule has 0 aliphatic carbocycles. The van der Waals surface area contributed by atoms with Crippen LogP contribution in [0.15, 0.2) is 59.2 Å². The summed E-state index contributed by atoms with van der Waals surface area (Å²) in [5.74, 6) is 0.483. The molecule has 2 heterocycles. The molecule has 0 saturated carbocycles. The molecule has 0 unspecified atom stereocenters. The summed E-state index contributed by atoms with van der Waals surface area (Å²) >= 11 is 6.45. The lowest BCUT2D eigenvalue weighted by Crippen LogP contribution is -2.24. The molecule has 1 amide bonds. The number of nitrogens with one attached hydrogen (secondary N) is 1. The van der Waals surface area contributed by atoms with Crippen molar-refractivity contribution in [1.29, 1.82) is 0 Å². The number of furan rings is 1. The van der Waals surface area contributed by atoms with E-state index in [9.17, 15) is 4.79 Å². The highest BCUT2D eigenvalue weighted by Gasteiger charge is 2.13. The highest BCUT2D eigenvalue weighted by atomic mass is 35.5. The van der Waals surface area contributed by atoms with Gasteiger partial charge in [0.1, 0.15) is 10.9 Å². The highest BCUT2D eigenvalue weighted by molar-refractivity contribution is 6.31. The van der Waals surface area contributed by atoms with Gasteiger partial charge in [0.05, 0.1) is 24.5 Å². The normalized spacial score (nSPS) is 12.4. The van der Waals surface area contributed by atoms with E-state index >= 15 is 0 Å². The van der Waals surface area contributed by atoms with E-state index in [1.165, 1.54) is 6.08 Å². The van der Waals surface area contributed by atoms with Crippen LogP contribution in [0.3, 0.4) is 0 Å². The van der Waals surface area contributed by atoms with Gasteiger partial charge >= 0.3 is 0 Å². The molecule has 0 bridgehead atoms.